The summed E-state index contributed by atoms with van der Waals surface area (Å²) in [5.74, 6) is -0.923. The molecule has 2 rings (SSSR count). The normalized spacial score (nSPS) is 16.4. The number of carbonyl (C=O) groups is 2. The van der Waals surface area contributed by atoms with Gasteiger partial charge in [-0.15, -0.1) is 0 Å². The van der Waals surface area contributed by atoms with E-state index in [2.05, 4.69) is 5.32 Å². The number of rotatable bonds is 6. The molecule has 0 saturated heterocycles. The fourth-order valence-corrected chi connectivity index (χ4v) is 2.70. The van der Waals surface area contributed by atoms with Gasteiger partial charge in [-0.25, -0.2) is 4.79 Å². The predicted octanol–water partition coefficient (Wildman–Crippen LogP) is 2.99. The van der Waals surface area contributed by atoms with E-state index in [4.69, 9.17) is 4.74 Å². The van der Waals surface area contributed by atoms with Crippen LogP contribution < -0.4 is 5.32 Å². The molecule has 1 aromatic carbocycles. The molecule has 134 valence electrons. The molecule has 0 radical (unpaired) electrons. The van der Waals surface area contributed by atoms with Crippen LogP contribution >= 0.6 is 0 Å². The van der Waals surface area contributed by atoms with Crippen molar-refractivity contribution in [2.24, 2.45) is 0 Å². The molecule has 1 aromatic rings. The Labute approximate surface area is 146 Å². The van der Waals surface area contributed by atoms with E-state index in [1.54, 1.807) is 0 Å². The van der Waals surface area contributed by atoms with Crippen LogP contribution in [0.5, 0.6) is 0 Å². The number of nitrogens with one attached hydrogen (secondary N) is 1. The van der Waals surface area contributed by atoms with E-state index in [-0.39, 0.29) is 17.6 Å². The van der Waals surface area contributed by atoms with Crippen LogP contribution in [0.3, 0.4) is 0 Å². The number of esters is 1. The molecular formula is C18H22N2O5. The van der Waals surface area contributed by atoms with Crippen LogP contribution in [-0.4, -0.2) is 28.9 Å². The molecule has 0 bridgehead atoms. The van der Waals surface area contributed by atoms with Crippen molar-refractivity contribution in [1.29, 1.82) is 0 Å². The topological polar surface area (TPSA) is 98.5 Å². The van der Waals surface area contributed by atoms with Gasteiger partial charge in [-0.3, -0.25) is 14.9 Å². The van der Waals surface area contributed by atoms with E-state index in [1.165, 1.54) is 49.8 Å². The highest BCUT2D eigenvalue weighted by Crippen LogP contribution is 2.17. The summed E-state index contributed by atoms with van der Waals surface area (Å²) >= 11 is 0. The first-order valence-corrected chi connectivity index (χ1v) is 8.39. The molecular weight excluding hydrogens is 324 g/mol. The molecule has 0 unspecified atom stereocenters. The van der Waals surface area contributed by atoms with E-state index in [1.807, 2.05) is 0 Å². The van der Waals surface area contributed by atoms with Crippen LogP contribution in [0.1, 0.15) is 44.6 Å². The number of amides is 1. The molecule has 1 atom stereocenters. The zero-order chi connectivity index (χ0) is 18.2. The summed E-state index contributed by atoms with van der Waals surface area (Å²) in [6.07, 6.45) is 7.16. The minimum atomic E-state index is -0.865. The minimum absolute atomic E-state index is 0.0206. The standard InChI is InChI=1S/C18H22N2O5/c1-13(18(22)19-15-5-3-2-4-6-15)25-17(21)12-9-14-7-10-16(11-8-14)20(23)24/h7-13,15H,2-6H2,1H3,(H,19,22)/b12-9+/t13-/m1/s1. The van der Waals surface area contributed by atoms with Gasteiger partial charge in [0.1, 0.15) is 0 Å². The second kappa shape index (κ2) is 8.96. The average Bonchev–Trinajstić information content (AvgIpc) is 2.61. The van der Waals surface area contributed by atoms with Gasteiger partial charge in [-0.1, -0.05) is 19.3 Å². The third-order valence-electron chi connectivity index (χ3n) is 4.13. The van der Waals surface area contributed by atoms with Crippen LogP contribution in [0, 0.1) is 10.1 Å². The molecule has 0 spiro atoms. The van der Waals surface area contributed by atoms with Gasteiger partial charge in [-0.05, 0) is 43.5 Å². The van der Waals surface area contributed by atoms with E-state index in [0.29, 0.717) is 5.56 Å². The number of nitro groups is 1. The van der Waals surface area contributed by atoms with Crippen molar-refractivity contribution in [3.05, 3.63) is 46.0 Å². The lowest BCUT2D eigenvalue weighted by Gasteiger charge is -2.24. The SMILES string of the molecule is C[C@@H](OC(=O)/C=C/c1ccc([N+](=O)[O-])cc1)C(=O)NC1CCCCC1. The third kappa shape index (κ3) is 6.02. The van der Waals surface area contributed by atoms with Crippen LogP contribution in [0.15, 0.2) is 30.3 Å². The highest BCUT2D eigenvalue weighted by atomic mass is 16.6. The van der Waals surface area contributed by atoms with E-state index in [9.17, 15) is 19.7 Å². The van der Waals surface area contributed by atoms with Gasteiger partial charge in [0.05, 0.1) is 4.92 Å². The van der Waals surface area contributed by atoms with Crippen LogP contribution in [-0.2, 0) is 14.3 Å². The zero-order valence-corrected chi connectivity index (χ0v) is 14.1. The largest absolute Gasteiger partial charge is 0.449 e. The predicted molar refractivity (Wildman–Crippen MR) is 92.7 cm³/mol. The first kappa shape index (κ1) is 18.6. The Morgan fingerprint density at radius 3 is 2.48 bits per heavy atom. The molecule has 1 amide bonds. The van der Waals surface area contributed by atoms with Crippen molar-refractivity contribution >= 4 is 23.6 Å². The van der Waals surface area contributed by atoms with Crippen molar-refractivity contribution in [1.82, 2.24) is 5.32 Å². The van der Waals surface area contributed by atoms with E-state index >= 15 is 0 Å². The van der Waals surface area contributed by atoms with Crippen LogP contribution in [0.2, 0.25) is 0 Å². The summed E-state index contributed by atoms with van der Waals surface area (Å²) in [7, 11) is 0. The molecule has 1 aliphatic carbocycles. The van der Waals surface area contributed by atoms with Crippen molar-refractivity contribution < 1.29 is 19.2 Å². The summed E-state index contributed by atoms with van der Waals surface area (Å²) < 4.78 is 5.09. The number of hydrogen-bond acceptors (Lipinski definition) is 5. The highest BCUT2D eigenvalue weighted by molar-refractivity contribution is 5.90. The van der Waals surface area contributed by atoms with E-state index < -0.39 is 17.0 Å². The Bertz CT molecular complexity index is 648. The van der Waals surface area contributed by atoms with Crippen molar-refractivity contribution in [3.8, 4) is 0 Å². The van der Waals surface area contributed by atoms with Gasteiger partial charge in [0, 0.05) is 24.3 Å². The molecule has 1 saturated carbocycles. The van der Waals surface area contributed by atoms with Gasteiger partial charge in [-0.2, -0.15) is 0 Å². The number of nitro benzene ring substituents is 1. The lowest BCUT2D eigenvalue weighted by atomic mass is 9.95. The lowest BCUT2D eigenvalue weighted by molar-refractivity contribution is -0.384. The Morgan fingerprint density at radius 2 is 1.88 bits per heavy atom. The van der Waals surface area contributed by atoms with Crippen LogP contribution in [0.4, 0.5) is 5.69 Å². The lowest BCUT2D eigenvalue weighted by Crippen LogP contribution is -2.42. The third-order valence-corrected chi connectivity index (χ3v) is 4.13. The molecule has 1 aliphatic rings. The first-order valence-electron chi connectivity index (χ1n) is 8.39. The van der Waals surface area contributed by atoms with Crippen molar-refractivity contribution in [2.45, 2.75) is 51.2 Å². The Hall–Kier alpha value is -2.70. The quantitative estimate of drug-likeness (QED) is 0.369. The second-order valence-electron chi connectivity index (χ2n) is 6.10. The highest BCUT2D eigenvalue weighted by Gasteiger charge is 2.21. The summed E-state index contributed by atoms with van der Waals surface area (Å²) in [6.45, 7) is 1.54. The van der Waals surface area contributed by atoms with Crippen molar-refractivity contribution in [3.63, 3.8) is 0 Å². The summed E-state index contributed by atoms with van der Waals surface area (Å²) in [6, 6.07) is 5.93. The summed E-state index contributed by atoms with van der Waals surface area (Å²) in [4.78, 5) is 33.9. The number of carbonyl (C=O) groups excluding carboxylic acids is 2. The minimum Gasteiger partial charge on any atom is -0.449 e. The molecule has 1 N–H and O–H groups in total. The summed E-state index contributed by atoms with van der Waals surface area (Å²) in [5.41, 5.74) is 0.606. The number of nitrogens with zero attached hydrogens (tertiary/aromatic N) is 1. The first-order chi connectivity index (χ1) is 12.0. The maximum atomic E-state index is 12.0. The Balaban J connectivity index is 1.81. The van der Waals surface area contributed by atoms with Gasteiger partial charge >= 0.3 is 5.97 Å². The fourth-order valence-electron chi connectivity index (χ4n) is 2.70. The van der Waals surface area contributed by atoms with Gasteiger partial charge in [0.2, 0.25) is 0 Å². The van der Waals surface area contributed by atoms with Gasteiger partial charge < -0.3 is 10.1 Å². The second-order valence-corrected chi connectivity index (χ2v) is 6.10. The molecule has 7 heteroatoms. The Morgan fingerprint density at radius 1 is 1.24 bits per heavy atom. The van der Waals surface area contributed by atoms with Gasteiger partial charge in [0.15, 0.2) is 6.10 Å². The Kier molecular flexibility index (Phi) is 6.68. The van der Waals surface area contributed by atoms with E-state index in [0.717, 1.165) is 25.7 Å². The molecule has 0 aliphatic heterocycles. The number of hydrogen-bond donors (Lipinski definition) is 1. The van der Waals surface area contributed by atoms with Crippen molar-refractivity contribution in [2.75, 3.05) is 0 Å². The smallest absolute Gasteiger partial charge is 0.331 e. The number of non-ortho nitro benzene ring substituents is 1. The van der Waals surface area contributed by atoms with Crippen LogP contribution in [0.25, 0.3) is 6.08 Å². The molecule has 1 fully saturated rings. The molecule has 25 heavy (non-hydrogen) atoms. The maximum absolute atomic E-state index is 12.0. The number of ether oxygens (including phenoxy) is 1. The maximum Gasteiger partial charge on any atom is 0.331 e. The monoisotopic (exact) mass is 346 g/mol. The van der Waals surface area contributed by atoms with Gasteiger partial charge in [0.25, 0.3) is 11.6 Å². The fraction of sp³-hybridized carbons (Fsp3) is 0.444. The molecule has 0 heterocycles. The molecule has 0 aromatic heterocycles. The summed E-state index contributed by atoms with van der Waals surface area (Å²) in [5, 5.41) is 13.5. The molecule has 7 nitrogen and oxygen atoms in total. The average molecular weight is 346 g/mol. The zero-order valence-electron chi connectivity index (χ0n) is 14.1. The number of benzene rings is 1.